The number of halogens is 1. The van der Waals surface area contributed by atoms with E-state index in [4.69, 9.17) is 9.15 Å². The first-order valence-electron chi connectivity index (χ1n) is 9.24. The molecule has 0 unspecified atom stereocenters. The Labute approximate surface area is 171 Å². The minimum absolute atomic E-state index is 0.0736. The van der Waals surface area contributed by atoms with E-state index in [1.54, 1.807) is 13.8 Å². The van der Waals surface area contributed by atoms with Crippen LogP contribution in [0.4, 0.5) is 4.39 Å². The maximum absolute atomic E-state index is 13.8. The molecule has 0 bridgehead atoms. The van der Waals surface area contributed by atoms with E-state index in [0.29, 0.717) is 10.9 Å². The maximum atomic E-state index is 13.8. The zero-order valence-corrected chi connectivity index (χ0v) is 16.3. The molecule has 0 radical (unpaired) electrons. The summed E-state index contributed by atoms with van der Waals surface area (Å²) in [6, 6.07) is 9.86. The molecule has 30 heavy (non-hydrogen) atoms. The number of fused-ring (bicyclic) bond motifs is 1. The van der Waals surface area contributed by atoms with Gasteiger partial charge in [-0.15, -0.1) is 0 Å². The summed E-state index contributed by atoms with van der Waals surface area (Å²) in [6.45, 7) is 3.18. The fourth-order valence-corrected chi connectivity index (χ4v) is 2.94. The Morgan fingerprint density at radius 1 is 1.17 bits per heavy atom. The van der Waals surface area contributed by atoms with Crippen molar-refractivity contribution in [1.29, 1.82) is 0 Å². The molecule has 2 N–H and O–H groups in total. The van der Waals surface area contributed by atoms with Gasteiger partial charge in [-0.05, 0) is 30.2 Å². The lowest BCUT2D eigenvalue weighted by Gasteiger charge is -2.21. The Bertz CT molecular complexity index is 1150. The number of benzene rings is 2. The van der Waals surface area contributed by atoms with Crippen LogP contribution in [0.3, 0.4) is 0 Å². The molecule has 8 heteroatoms. The zero-order valence-electron chi connectivity index (χ0n) is 16.3. The number of phenolic OH excluding ortho intramolecular Hbond substituents is 1. The monoisotopic (exact) mass is 413 g/mol. The van der Waals surface area contributed by atoms with E-state index >= 15 is 0 Å². The molecule has 1 amide bonds. The predicted molar refractivity (Wildman–Crippen MR) is 106 cm³/mol. The molecule has 1 heterocycles. The summed E-state index contributed by atoms with van der Waals surface area (Å²) >= 11 is 0. The summed E-state index contributed by atoms with van der Waals surface area (Å²) in [5, 5.41) is 12.5. The molecule has 0 saturated heterocycles. The normalized spacial score (nSPS) is 12.0. The fourth-order valence-electron chi connectivity index (χ4n) is 2.94. The minimum Gasteiger partial charge on any atom is -0.508 e. The number of carbonyl (C=O) groups excluding carboxylic acids is 2. The van der Waals surface area contributed by atoms with Gasteiger partial charge in [0, 0.05) is 23.1 Å². The fraction of sp³-hybridized carbons (Fsp3) is 0.227. The molecule has 156 valence electrons. The van der Waals surface area contributed by atoms with Crippen LogP contribution in [-0.4, -0.2) is 23.0 Å². The van der Waals surface area contributed by atoms with E-state index in [0.717, 1.165) is 6.07 Å². The molecule has 1 atom stereocenters. The maximum Gasteiger partial charge on any atom is 0.336 e. The van der Waals surface area contributed by atoms with Crippen molar-refractivity contribution in [1.82, 2.24) is 5.32 Å². The van der Waals surface area contributed by atoms with Gasteiger partial charge < -0.3 is 19.6 Å². The van der Waals surface area contributed by atoms with Crippen LogP contribution >= 0.6 is 0 Å². The molecular formula is C22H20FNO6. The lowest BCUT2D eigenvalue weighted by molar-refractivity contribution is -0.148. The summed E-state index contributed by atoms with van der Waals surface area (Å²) in [5.41, 5.74) is -0.297. The van der Waals surface area contributed by atoms with E-state index in [-0.39, 0.29) is 29.4 Å². The third-order valence-electron chi connectivity index (χ3n) is 4.51. The van der Waals surface area contributed by atoms with Crippen LogP contribution in [0, 0.1) is 11.7 Å². The van der Waals surface area contributed by atoms with Crippen LogP contribution in [0.5, 0.6) is 5.75 Å². The Balaban J connectivity index is 1.76. The van der Waals surface area contributed by atoms with Crippen LogP contribution in [0.2, 0.25) is 0 Å². The first kappa shape index (κ1) is 21.0. The van der Waals surface area contributed by atoms with Crippen molar-refractivity contribution in [3.8, 4) is 5.75 Å². The Kier molecular flexibility index (Phi) is 6.15. The summed E-state index contributed by atoms with van der Waals surface area (Å²) < 4.78 is 24.2. The third kappa shape index (κ3) is 4.65. The Hall–Kier alpha value is -3.68. The second kappa shape index (κ2) is 8.77. The van der Waals surface area contributed by atoms with Crippen molar-refractivity contribution in [2.24, 2.45) is 5.92 Å². The highest BCUT2D eigenvalue weighted by Crippen LogP contribution is 2.22. The smallest absolute Gasteiger partial charge is 0.336 e. The van der Waals surface area contributed by atoms with E-state index < -0.39 is 29.4 Å². The first-order chi connectivity index (χ1) is 14.3. The molecule has 0 aliphatic rings. The SMILES string of the molecule is CC(C)[C@H](NC(=O)c1ccccc1F)C(=O)OCc1cc(=O)oc2cc(O)ccc12. The molecule has 0 aliphatic heterocycles. The molecular weight excluding hydrogens is 393 g/mol. The van der Waals surface area contributed by atoms with Gasteiger partial charge in [-0.2, -0.15) is 0 Å². The molecule has 3 rings (SSSR count). The highest BCUT2D eigenvalue weighted by Gasteiger charge is 2.27. The average molecular weight is 413 g/mol. The molecule has 7 nitrogen and oxygen atoms in total. The zero-order chi connectivity index (χ0) is 21.8. The number of ether oxygens (including phenoxy) is 1. The molecule has 3 aromatic rings. The lowest BCUT2D eigenvalue weighted by atomic mass is 10.0. The molecule has 0 saturated carbocycles. The summed E-state index contributed by atoms with van der Waals surface area (Å²) in [4.78, 5) is 36.7. The summed E-state index contributed by atoms with van der Waals surface area (Å²) in [5.74, 6) is -2.56. The van der Waals surface area contributed by atoms with Gasteiger partial charge in [0.25, 0.3) is 5.91 Å². The highest BCUT2D eigenvalue weighted by atomic mass is 19.1. The first-order valence-corrected chi connectivity index (χ1v) is 9.24. The van der Waals surface area contributed by atoms with Crippen molar-refractivity contribution in [3.05, 3.63) is 75.9 Å². The van der Waals surface area contributed by atoms with Gasteiger partial charge in [0.15, 0.2) is 0 Å². The predicted octanol–water partition coefficient (Wildman–Crippen LogP) is 3.14. The Morgan fingerprint density at radius 2 is 1.90 bits per heavy atom. The largest absolute Gasteiger partial charge is 0.508 e. The van der Waals surface area contributed by atoms with Crippen LogP contribution in [-0.2, 0) is 16.1 Å². The third-order valence-corrected chi connectivity index (χ3v) is 4.51. The van der Waals surface area contributed by atoms with Crippen LogP contribution in [0.1, 0.15) is 29.8 Å². The van der Waals surface area contributed by atoms with Gasteiger partial charge in [-0.1, -0.05) is 26.0 Å². The molecule has 1 aromatic heterocycles. The number of nitrogens with one attached hydrogen (secondary N) is 1. The molecule has 2 aromatic carbocycles. The quantitative estimate of drug-likeness (QED) is 0.475. The number of hydrogen-bond donors (Lipinski definition) is 2. The average Bonchev–Trinajstić information content (AvgIpc) is 2.69. The van der Waals surface area contributed by atoms with Crippen molar-refractivity contribution in [2.75, 3.05) is 0 Å². The standard InChI is InChI=1S/C22H20FNO6/c1-12(2)20(24-21(27)16-5-3-4-6-17(16)23)22(28)29-11-13-9-19(26)30-18-10-14(25)7-8-15(13)18/h3-10,12,20,25H,11H2,1-2H3,(H,24,27)/t20-/m0/s1. The minimum atomic E-state index is -1.02. The summed E-state index contributed by atoms with van der Waals surface area (Å²) in [6.07, 6.45) is 0. The van der Waals surface area contributed by atoms with E-state index in [2.05, 4.69) is 5.32 Å². The van der Waals surface area contributed by atoms with Crippen LogP contribution < -0.4 is 10.9 Å². The number of phenols is 1. The van der Waals surface area contributed by atoms with Gasteiger partial charge >= 0.3 is 11.6 Å². The lowest BCUT2D eigenvalue weighted by Crippen LogP contribution is -2.45. The van der Waals surface area contributed by atoms with Gasteiger partial charge in [0.2, 0.25) is 0 Å². The second-order valence-corrected chi connectivity index (χ2v) is 7.05. The number of esters is 1. The van der Waals surface area contributed by atoms with Gasteiger partial charge in [0.1, 0.15) is 29.8 Å². The van der Waals surface area contributed by atoms with Gasteiger partial charge in [-0.25, -0.2) is 14.0 Å². The topological polar surface area (TPSA) is 106 Å². The Morgan fingerprint density at radius 3 is 2.60 bits per heavy atom. The number of aromatic hydroxyl groups is 1. The van der Waals surface area contributed by atoms with Gasteiger partial charge in [-0.3, -0.25) is 4.79 Å². The van der Waals surface area contributed by atoms with Crippen molar-refractivity contribution in [3.63, 3.8) is 0 Å². The van der Waals surface area contributed by atoms with E-state index in [1.807, 2.05) is 0 Å². The van der Waals surface area contributed by atoms with Gasteiger partial charge in [0.05, 0.1) is 5.56 Å². The molecule has 0 spiro atoms. The van der Waals surface area contributed by atoms with Crippen molar-refractivity contribution in [2.45, 2.75) is 26.5 Å². The number of rotatable bonds is 6. The van der Waals surface area contributed by atoms with Crippen LogP contribution in [0.25, 0.3) is 11.0 Å². The van der Waals surface area contributed by atoms with Crippen molar-refractivity contribution >= 4 is 22.8 Å². The summed E-state index contributed by atoms with van der Waals surface area (Å²) in [7, 11) is 0. The second-order valence-electron chi connectivity index (χ2n) is 7.05. The molecule has 0 aliphatic carbocycles. The van der Waals surface area contributed by atoms with E-state index in [9.17, 15) is 23.9 Å². The number of amides is 1. The van der Waals surface area contributed by atoms with Crippen molar-refractivity contribution < 1.29 is 28.2 Å². The number of carbonyl (C=O) groups is 2. The highest BCUT2D eigenvalue weighted by molar-refractivity contribution is 5.97. The van der Waals surface area contributed by atoms with Crippen LogP contribution in [0.15, 0.2) is 57.7 Å². The van der Waals surface area contributed by atoms with E-state index in [1.165, 1.54) is 42.5 Å². The number of hydrogen-bond acceptors (Lipinski definition) is 6. The molecule has 0 fully saturated rings.